The maximum absolute atomic E-state index is 13.4. The number of halogens is 1. The molecule has 1 saturated heterocycles. The number of hydrogen-bond acceptors (Lipinski definition) is 3. The van der Waals surface area contributed by atoms with Gasteiger partial charge < -0.3 is 14.8 Å². The maximum atomic E-state index is 13.4. The van der Waals surface area contributed by atoms with E-state index in [-0.39, 0.29) is 11.9 Å². The van der Waals surface area contributed by atoms with E-state index in [1.54, 1.807) is 6.07 Å². The molecule has 1 fully saturated rings. The second-order valence-corrected chi connectivity index (χ2v) is 5.74. The topological polar surface area (TPSA) is 30.5 Å². The molecule has 4 heteroatoms. The highest BCUT2D eigenvalue weighted by atomic mass is 19.1. The lowest BCUT2D eigenvalue weighted by atomic mass is 10.1. The predicted molar refractivity (Wildman–Crippen MR) is 77.4 cm³/mol. The zero-order valence-electron chi connectivity index (χ0n) is 12.5. The molecule has 2 unspecified atom stereocenters. The Morgan fingerprint density at radius 1 is 1.40 bits per heavy atom. The highest BCUT2D eigenvalue weighted by Crippen LogP contribution is 2.23. The summed E-state index contributed by atoms with van der Waals surface area (Å²) in [6.07, 6.45) is 2.58. The first kappa shape index (κ1) is 15.3. The molecule has 112 valence electrons. The summed E-state index contributed by atoms with van der Waals surface area (Å²) in [5.74, 6) is 0.506. The highest BCUT2D eigenvalue weighted by Gasteiger charge is 2.22. The van der Waals surface area contributed by atoms with Crippen molar-refractivity contribution in [1.29, 1.82) is 0 Å². The third kappa shape index (κ3) is 4.46. The zero-order chi connectivity index (χ0) is 14.5. The fourth-order valence-electron chi connectivity index (χ4n) is 2.33. The minimum atomic E-state index is -0.233. The van der Waals surface area contributed by atoms with E-state index in [2.05, 4.69) is 26.1 Å². The lowest BCUT2D eigenvalue weighted by Crippen LogP contribution is -2.23. The molecule has 0 spiro atoms. The number of nitrogens with one attached hydrogen (secondary N) is 1. The van der Waals surface area contributed by atoms with E-state index in [0.717, 1.165) is 24.2 Å². The molecule has 3 nitrogen and oxygen atoms in total. The first-order chi connectivity index (χ1) is 9.54. The van der Waals surface area contributed by atoms with Crippen molar-refractivity contribution in [3.8, 4) is 5.75 Å². The molecule has 20 heavy (non-hydrogen) atoms. The van der Waals surface area contributed by atoms with Gasteiger partial charge in [-0.05, 0) is 38.0 Å². The minimum Gasteiger partial charge on any atom is -0.491 e. The van der Waals surface area contributed by atoms with Crippen LogP contribution >= 0.6 is 0 Å². The Kier molecular flexibility index (Phi) is 5.38. The Labute approximate surface area is 120 Å². The van der Waals surface area contributed by atoms with Crippen molar-refractivity contribution in [2.24, 2.45) is 0 Å². The molecule has 1 heterocycles. The van der Waals surface area contributed by atoms with Gasteiger partial charge in [0.2, 0.25) is 0 Å². The molecule has 1 aliphatic heterocycles. The van der Waals surface area contributed by atoms with Gasteiger partial charge in [0.15, 0.2) is 0 Å². The Balaban J connectivity index is 1.95. The van der Waals surface area contributed by atoms with Crippen LogP contribution in [0.3, 0.4) is 0 Å². The number of hydrogen-bond donors (Lipinski definition) is 1. The highest BCUT2D eigenvalue weighted by molar-refractivity contribution is 5.34. The Morgan fingerprint density at radius 3 is 2.85 bits per heavy atom. The van der Waals surface area contributed by atoms with Gasteiger partial charge in [-0.25, -0.2) is 4.39 Å². The molecular formula is C16H24FNO2. The van der Waals surface area contributed by atoms with Gasteiger partial charge in [0.1, 0.15) is 18.2 Å². The van der Waals surface area contributed by atoms with Gasteiger partial charge in [0.25, 0.3) is 0 Å². The summed E-state index contributed by atoms with van der Waals surface area (Å²) in [6, 6.07) is 5.02. The molecule has 0 radical (unpaired) electrons. The fourth-order valence-corrected chi connectivity index (χ4v) is 2.33. The van der Waals surface area contributed by atoms with Gasteiger partial charge in [-0.3, -0.25) is 0 Å². The molecule has 1 aliphatic rings. The standard InChI is InChI=1S/C16H24FNO2/c1-11(2)18-9-13-8-14(17)5-7-16(13)19-10-15-6-4-12(3)20-15/h5,7-8,11-12,15,18H,4,6,9-10H2,1-3H3. The van der Waals surface area contributed by atoms with Crippen molar-refractivity contribution in [3.63, 3.8) is 0 Å². The average molecular weight is 281 g/mol. The molecular weight excluding hydrogens is 257 g/mol. The maximum Gasteiger partial charge on any atom is 0.124 e. The van der Waals surface area contributed by atoms with Crippen molar-refractivity contribution in [2.45, 2.75) is 58.4 Å². The van der Waals surface area contributed by atoms with Crippen LogP contribution in [0.5, 0.6) is 5.75 Å². The molecule has 0 aromatic heterocycles. The van der Waals surface area contributed by atoms with Crippen molar-refractivity contribution < 1.29 is 13.9 Å². The molecule has 1 aromatic carbocycles. The third-order valence-corrected chi connectivity index (χ3v) is 3.47. The van der Waals surface area contributed by atoms with Crippen LogP contribution in [0.25, 0.3) is 0 Å². The fraction of sp³-hybridized carbons (Fsp3) is 0.625. The van der Waals surface area contributed by atoms with Crippen LogP contribution in [0, 0.1) is 5.82 Å². The van der Waals surface area contributed by atoms with Crippen LogP contribution in [-0.2, 0) is 11.3 Å². The van der Waals surface area contributed by atoms with Crippen molar-refractivity contribution >= 4 is 0 Å². The van der Waals surface area contributed by atoms with Gasteiger partial charge in [0.05, 0.1) is 12.2 Å². The molecule has 0 aliphatic carbocycles. The van der Waals surface area contributed by atoms with Gasteiger partial charge in [-0.15, -0.1) is 0 Å². The normalized spacial score (nSPS) is 22.4. The molecule has 0 saturated carbocycles. The van der Waals surface area contributed by atoms with E-state index in [1.807, 2.05) is 0 Å². The second kappa shape index (κ2) is 7.04. The van der Waals surface area contributed by atoms with Crippen LogP contribution in [0.2, 0.25) is 0 Å². The molecule has 2 rings (SSSR count). The van der Waals surface area contributed by atoms with Crippen LogP contribution < -0.4 is 10.1 Å². The zero-order valence-corrected chi connectivity index (χ0v) is 12.5. The first-order valence-electron chi connectivity index (χ1n) is 7.34. The molecule has 1 aromatic rings. The largest absolute Gasteiger partial charge is 0.491 e. The molecule has 2 atom stereocenters. The monoisotopic (exact) mass is 281 g/mol. The average Bonchev–Trinajstić information content (AvgIpc) is 2.81. The Bertz CT molecular complexity index is 436. The number of ether oxygens (including phenoxy) is 2. The van der Waals surface area contributed by atoms with E-state index in [4.69, 9.17) is 9.47 Å². The van der Waals surface area contributed by atoms with Gasteiger partial charge in [-0.1, -0.05) is 13.8 Å². The van der Waals surface area contributed by atoms with Gasteiger partial charge >= 0.3 is 0 Å². The third-order valence-electron chi connectivity index (χ3n) is 3.47. The van der Waals surface area contributed by atoms with E-state index in [1.165, 1.54) is 12.1 Å². The lowest BCUT2D eigenvalue weighted by molar-refractivity contribution is 0.0262. The summed E-state index contributed by atoms with van der Waals surface area (Å²) in [7, 11) is 0. The van der Waals surface area contributed by atoms with Gasteiger partial charge in [0, 0.05) is 18.2 Å². The Hall–Kier alpha value is -1.13. The van der Waals surface area contributed by atoms with E-state index >= 15 is 0 Å². The van der Waals surface area contributed by atoms with Crippen LogP contribution in [0.4, 0.5) is 4.39 Å². The van der Waals surface area contributed by atoms with Crippen LogP contribution in [0.1, 0.15) is 39.2 Å². The molecule has 1 N–H and O–H groups in total. The van der Waals surface area contributed by atoms with Gasteiger partial charge in [-0.2, -0.15) is 0 Å². The summed E-state index contributed by atoms with van der Waals surface area (Å²) < 4.78 is 24.9. The van der Waals surface area contributed by atoms with E-state index in [0.29, 0.717) is 25.3 Å². The summed E-state index contributed by atoms with van der Waals surface area (Å²) in [4.78, 5) is 0. The van der Waals surface area contributed by atoms with Crippen molar-refractivity contribution in [3.05, 3.63) is 29.6 Å². The quantitative estimate of drug-likeness (QED) is 0.868. The van der Waals surface area contributed by atoms with Crippen LogP contribution in [-0.4, -0.2) is 24.9 Å². The Morgan fingerprint density at radius 2 is 2.20 bits per heavy atom. The van der Waals surface area contributed by atoms with E-state index < -0.39 is 0 Å². The predicted octanol–water partition coefficient (Wildman–Crippen LogP) is 3.27. The SMILES string of the molecule is CC(C)NCc1cc(F)ccc1OCC1CCC(C)O1. The minimum absolute atomic E-state index is 0.154. The summed E-state index contributed by atoms with van der Waals surface area (Å²) in [5.41, 5.74) is 0.852. The van der Waals surface area contributed by atoms with E-state index in [9.17, 15) is 4.39 Å². The second-order valence-electron chi connectivity index (χ2n) is 5.74. The smallest absolute Gasteiger partial charge is 0.124 e. The first-order valence-corrected chi connectivity index (χ1v) is 7.34. The van der Waals surface area contributed by atoms with Crippen molar-refractivity contribution in [1.82, 2.24) is 5.32 Å². The van der Waals surface area contributed by atoms with Crippen molar-refractivity contribution in [2.75, 3.05) is 6.61 Å². The summed E-state index contributed by atoms with van der Waals surface area (Å²) in [5, 5.41) is 3.29. The summed E-state index contributed by atoms with van der Waals surface area (Å²) in [6.45, 7) is 7.34. The number of benzene rings is 1. The lowest BCUT2D eigenvalue weighted by Gasteiger charge is -2.16. The molecule has 0 bridgehead atoms. The molecule has 0 amide bonds. The number of rotatable bonds is 6. The van der Waals surface area contributed by atoms with Crippen LogP contribution in [0.15, 0.2) is 18.2 Å². The summed E-state index contributed by atoms with van der Waals surface area (Å²) >= 11 is 0.